The number of ether oxygens (including phenoxy) is 1. The van der Waals surface area contributed by atoms with Gasteiger partial charge in [-0.3, -0.25) is 0 Å². The summed E-state index contributed by atoms with van der Waals surface area (Å²) in [4.78, 5) is 11.9. The van der Waals surface area contributed by atoms with Crippen LogP contribution in [0.3, 0.4) is 0 Å². The second kappa shape index (κ2) is 7.79. The molecule has 0 unspecified atom stereocenters. The molecule has 0 aromatic heterocycles. The summed E-state index contributed by atoms with van der Waals surface area (Å²) in [5.74, 6) is 0.826. The van der Waals surface area contributed by atoms with Crippen LogP contribution in [0.4, 0.5) is 4.79 Å². The van der Waals surface area contributed by atoms with Crippen molar-refractivity contribution in [3.8, 4) is 0 Å². The third-order valence-electron chi connectivity index (χ3n) is 4.29. The van der Waals surface area contributed by atoms with Gasteiger partial charge in [-0.15, -0.1) is 0 Å². The second-order valence-electron chi connectivity index (χ2n) is 5.88. The van der Waals surface area contributed by atoms with E-state index in [0.29, 0.717) is 25.0 Å². The van der Waals surface area contributed by atoms with Crippen LogP contribution in [-0.2, 0) is 11.3 Å². The Hall–Kier alpha value is -2.33. The van der Waals surface area contributed by atoms with Crippen molar-refractivity contribution in [2.45, 2.75) is 12.5 Å². The number of hydrogen-bond donors (Lipinski definition) is 2. The molecular formula is C19H22N2O2. The maximum absolute atomic E-state index is 11.9. The zero-order valence-corrected chi connectivity index (χ0v) is 13.1. The van der Waals surface area contributed by atoms with Crippen LogP contribution in [0.5, 0.6) is 0 Å². The van der Waals surface area contributed by atoms with Gasteiger partial charge in [0, 0.05) is 25.6 Å². The number of hydrogen-bond acceptors (Lipinski definition) is 3. The Bertz CT molecular complexity index is 616. The van der Waals surface area contributed by atoms with Crippen molar-refractivity contribution in [3.63, 3.8) is 0 Å². The van der Waals surface area contributed by atoms with E-state index in [9.17, 15) is 4.79 Å². The SMILES string of the molecule is O=C(NC[C@@H]1CNC[C@H]1c1ccccc1)OCc1ccccc1. The van der Waals surface area contributed by atoms with Gasteiger partial charge in [0.1, 0.15) is 6.61 Å². The fourth-order valence-electron chi connectivity index (χ4n) is 3.03. The average Bonchev–Trinajstić information content (AvgIpc) is 3.08. The molecule has 1 heterocycles. The average molecular weight is 310 g/mol. The molecule has 0 saturated carbocycles. The van der Waals surface area contributed by atoms with Crippen molar-refractivity contribution < 1.29 is 9.53 Å². The molecule has 1 amide bonds. The lowest BCUT2D eigenvalue weighted by atomic mass is 9.89. The molecule has 1 saturated heterocycles. The van der Waals surface area contributed by atoms with Crippen molar-refractivity contribution in [1.82, 2.24) is 10.6 Å². The van der Waals surface area contributed by atoms with E-state index in [-0.39, 0.29) is 6.09 Å². The van der Waals surface area contributed by atoms with Crippen molar-refractivity contribution in [2.24, 2.45) is 5.92 Å². The maximum atomic E-state index is 11.9. The van der Waals surface area contributed by atoms with Crippen molar-refractivity contribution >= 4 is 6.09 Å². The first-order valence-electron chi connectivity index (χ1n) is 8.03. The topological polar surface area (TPSA) is 50.4 Å². The number of nitrogens with one attached hydrogen (secondary N) is 2. The van der Waals surface area contributed by atoms with E-state index in [4.69, 9.17) is 4.74 Å². The highest BCUT2D eigenvalue weighted by atomic mass is 16.5. The zero-order valence-electron chi connectivity index (χ0n) is 13.1. The molecule has 120 valence electrons. The third-order valence-corrected chi connectivity index (χ3v) is 4.29. The minimum Gasteiger partial charge on any atom is -0.445 e. The third kappa shape index (κ3) is 4.33. The molecule has 3 rings (SSSR count). The van der Waals surface area contributed by atoms with Gasteiger partial charge in [0.25, 0.3) is 0 Å². The number of benzene rings is 2. The van der Waals surface area contributed by atoms with Crippen LogP contribution in [0.25, 0.3) is 0 Å². The number of rotatable bonds is 5. The summed E-state index contributed by atoms with van der Waals surface area (Å²) in [6.45, 7) is 2.80. The summed E-state index contributed by atoms with van der Waals surface area (Å²) in [6.07, 6.45) is -0.354. The smallest absolute Gasteiger partial charge is 0.407 e. The van der Waals surface area contributed by atoms with Gasteiger partial charge < -0.3 is 15.4 Å². The van der Waals surface area contributed by atoms with Gasteiger partial charge in [0.2, 0.25) is 0 Å². The lowest BCUT2D eigenvalue weighted by Gasteiger charge is -2.19. The van der Waals surface area contributed by atoms with E-state index in [0.717, 1.165) is 18.7 Å². The molecule has 0 radical (unpaired) electrons. The number of carbonyl (C=O) groups excluding carboxylic acids is 1. The van der Waals surface area contributed by atoms with Gasteiger partial charge >= 0.3 is 6.09 Å². The number of amides is 1. The first-order chi connectivity index (χ1) is 11.3. The fraction of sp³-hybridized carbons (Fsp3) is 0.316. The van der Waals surface area contributed by atoms with Crippen molar-refractivity contribution in [1.29, 1.82) is 0 Å². The van der Waals surface area contributed by atoms with E-state index in [1.54, 1.807) is 0 Å². The first-order valence-corrected chi connectivity index (χ1v) is 8.03. The minimum absolute atomic E-state index is 0.303. The van der Waals surface area contributed by atoms with Crippen LogP contribution in [-0.4, -0.2) is 25.7 Å². The van der Waals surface area contributed by atoms with Crippen LogP contribution in [0.2, 0.25) is 0 Å². The van der Waals surface area contributed by atoms with E-state index >= 15 is 0 Å². The predicted octanol–water partition coefficient (Wildman–Crippen LogP) is 2.92. The molecule has 0 spiro atoms. The van der Waals surface area contributed by atoms with Crippen LogP contribution in [0.15, 0.2) is 60.7 Å². The maximum Gasteiger partial charge on any atom is 0.407 e. The van der Waals surface area contributed by atoms with Crippen molar-refractivity contribution in [3.05, 3.63) is 71.8 Å². The van der Waals surface area contributed by atoms with Gasteiger partial charge in [-0.2, -0.15) is 0 Å². The van der Waals surface area contributed by atoms with Crippen LogP contribution in [0, 0.1) is 5.92 Å². The normalized spacial score (nSPS) is 20.2. The molecule has 1 fully saturated rings. The van der Waals surface area contributed by atoms with Gasteiger partial charge in [0.05, 0.1) is 0 Å². The second-order valence-corrected chi connectivity index (χ2v) is 5.88. The molecule has 2 aromatic rings. The van der Waals surface area contributed by atoms with Crippen LogP contribution >= 0.6 is 0 Å². The summed E-state index contributed by atoms with van der Waals surface area (Å²) in [5.41, 5.74) is 2.31. The van der Waals surface area contributed by atoms with Gasteiger partial charge in [-0.05, 0) is 17.0 Å². The fourth-order valence-corrected chi connectivity index (χ4v) is 3.03. The Labute approximate surface area is 136 Å². The number of carbonyl (C=O) groups is 1. The molecule has 1 aliphatic heterocycles. The highest BCUT2D eigenvalue weighted by molar-refractivity contribution is 5.67. The predicted molar refractivity (Wildman–Crippen MR) is 90.2 cm³/mol. The molecule has 23 heavy (non-hydrogen) atoms. The lowest BCUT2D eigenvalue weighted by Crippen LogP contribution is -2.32. The molecule has 4 heteroatoms. The Morgan fingerprint density at radius 1 is 1.04 bits per heavy atom. The van der Waals surface area contributed by atoms with E-state index in [1.807, 2.05) is 36.4 Å². The molecule has 1 aliphatic rings. The van der Waals surface area contributed by atoms with Gasteiger partial charge in [-0.25, -0.2) is 4.79 Å². The zero-order chi connectivity index (χ0) is 15.9. The Morgan fingerprint density at radius 3 is 2.48 bits per heavy atom. The highest BCUT2D eigenvalue weighted by Gasteiger charge is 2.28. The molecule has 0 aliphatic carbocycles. The summed E-state index contributed by atoms with van der Waals surface area (Å²) in [7, 11) is 0. The molecule has 2 atom stereocenters. The van der Waals surface area contributed by atoms with Crippen LogP contribution in [0.1, 0.15) is 17.0 Å². The standard InChI is InChI=1S/C19H22N2O2/c22-19(23-14-15-7-3-1-4-8-15)21-12-17-11-20-13-18(17)16-9-5-2-6-10-16/h1-10,17-18,20H,11-14H2,(H,21,22)/t17-,18-/m0/s1. The molecule has 0 bridgehead atoms. The quantitative estimate of drug-likeness (QED) is 0.893. The Balaban J connectivity index is 1.46. The molecule has 2 N–H and O–H groups in total. The lowest BCUT2D eigenvalue weighted by molar-refractivity contribution is 0.138. The summed E-state index contributed by atoms with van der Waals surface area (Å²) >= 11 is 0. The van der Waals surface area contributed by atoms with Crippen molar-refractivity contribution in [2.75, 3.05) is 19.6 Å². The highest BCUT2D eigenvalue weighted by Crippen LogP contribution is 2.27. The first kappa shape index (κ1) is 15.6. The summed E-state index contributed by atoms with van der Waals surface area (Å²) < 4.78 is 5.26. The largest absolute Gasteiger partial charge is 0.445 e. The van der Waals surface area contributed by atoms with E-state index in [2.05, 4.69) is 34.9 Å². The minimum atomic E-state index is -0.354. The molecule has 4 nitrogen and oxygen atoms in total. The number of alkyl carbamates (subject to hydrolysis) is 1. The van der Waals surface area contributed by atoms with E-state index in [1.165, 1.54) is 5.56 Å². The Kier molecular flexibility index (Phi) is 5.27. The van der Waals surface area contributed by atoms with Gasteiger partial charge in [-0.1, -0.05) is 60.7 Å². The Morgan fingerprint density at radius 2 is 1.74 bits per heavy atom. The molecule has 2 aromatic carbocycles. The van der Waals surface area contributed by atoms with Gasteiger partial charge in [0.15, 0.2) is 0 Å². The summed E-state index contributed by atoms with van der Waals surface area (Å²) in [5, 5.41) is 6.30. The van der Waals surface area contributed by atoms with E-state index < -0.39 is 0 Å². The monoisotopic (exact) mass is 310 g/mol. The molecular weight excluding hydrogens is 288 g/mol. The van der Waals surface area contributed by atoms with Crippen LogP contribution < -0.4 is 10.6 Å². The summed E-state index contributed by atoms with van der Waals surface area (Å²) in [6, 6.07) is 20.2.